The maximum Gasteiger partial charge on any atom is 0.308 e. The van der Waals surface area contributed by atoms with E-state index in [2.05, 4.69) is 0 Å². The molecule has 0 aromatic rings. The van der Waals surface area contributed by atoms with Crippen LogP contribution in [0.2, 0.25) is 0 Å². The van der Waals surface area contributed by atoms with Crippen LogP contribution < -0.4 is 0 Å². The lowest BCUT2D eigenvalue weighted by molar-refractivity contribution is -0.144. The first-order chi connectivity index (χ1) is 9.42. The topological polar surface area (TPSA) is 83.9 Å². The number of nitrogens with zero attached hydrogens (tertiary/aromatic N) is 1. The van der Waals surface area contributed by atoms with Gasteiger partial charge in [0.25, 0.3) is 0 Å². The summed E-state index contributed by atoms with van der Waals surface area (Å²) in [4.78, 5) is 11.2. The summed E-state index contributed by atoms with van der Waals surface area (Å²) < 4.78 is 31.5. The Hall–Kier alpha value is -0.660. The molecule has 1 unspecified atom stereocenters. The van der Waals surface area contributed by atoms with Crippen molar-refractivity contribution >= 4 is 16.0 Å². The molecular formula is C13H23NO5S. The molecule has 6 nitrogen and oxygen atoms in total. The molecule has 3 atom stereocenters. The van der Waals surface area contributed by atoms with Gasteiger partial charge in [0.1, 0.15) is 0 Å². The Morgan fingerprint density at radius 1 is 1.40 bits per heavy atom. The third-order valence-corrected chi connectivity index (χ3v) is 6.39. The molecule has 2 rings (SSSR count). The molecule has 116 valence electrons. The average Bonchev–Trinajstić information content (AvgIpc) is 2.89. The predicted molar refractivity (Wildman–Crippen MR) is 73.9 cm³/mol. The van der Waals surface area contributed by atoms with Crippen molar-refractivity contribution in [3.63, 3.8) is 0 Å². The number of carboxylic acids is 1. The minimum absolute atomic E-state index is 0.0949. The highest BCUT2D eigenvalue weighted by molar-refractivity contribution is 7.89. The van der Waals surface area contributed by atoms with Gasteiger partial charge in [-0.25, -0.2) is 8.42 Å². The van der Waals surface area contributed by atoms with Gasteiger partial charge in [-0.15, -0.1) is 0 Å². The smallest absolute Gasteiger partial charge is 0.308 e. The van der Waals surface area contributed by atoms with E-state index in [0.717, 1.165) is 6.42 Å². The van der Waals surface area contributed by atoms with Crippen LogP contribution in [0.4, 0.5) is 0 Å². The third kappa shape index (κ3) is 3.51. The van der Waals surface area contributed by atoms with E-state index in [-0.39, 0.29) is 5.75 Å². The fourth-order valence-electron chi connectivity index (χ4n) is 3.08. The Balaban J connectivity index is 1.98. The number of piperidine rings is 1. The lowest BCUT2D eigenvalue weighted by Gasteiger charge is -2.36. The van der Waals surface area contributed by atoms with Gasteiger partial charge in [-0.2, -0.15) is 4.31 Å². The molecule has 2 heterocycles. The molecule has 0 spiro atoms. The molecule has 0 amide bonds. The lowest BCUT2D eigenvalue weighted by Crippen LogP contribution is -2.49. The Labute approximate surface area is 120 Å². The van der Waals surface area contributed by atoms with Gasteiger partial charge in [0.2, 0.25) is 10.0 Å². The van der Waals surface area contributed by atoms with Crippen LogP contribution in [0.1, 0.15) is 32.6 Å². The van der Waals surface area contributed by atoms with Gasteiger partial charge in [0, 0.05) is 25.8 Å². The number of rotatable bonds is 5. The van der Waals surface area contributed by atoms with Crippen LogP contribution in [0, 0.1) is 11.8 Å². The molecule has 0 aromatic carbocycles. The molecule has 2 aliphatic heterocycles. The monoisotopic (exact) mass is 305 g/mol. The van der Waals surface area contributed by atoms with Crippen LogP contribution in [-0.2, 0) is 19.6 Å². The lowest BCUT2D eigenvalue weighted by atomic mass is 9.92. The summed E-state index contributed by atoms with van der Waals surface area (Å²) in [6.45, 7) is 3.50. The standard InChI is InChI=1S/C13H23NO5S/c1-10-12(13(15)16)3-2-6-14(10)20(17,18)8-5-11-4-7-19-9-11/h10-12H,2-9H2,1H3,(H,15,16)/t10-,11?,12-/m1/s1. The van der Waals surface area contributed by atoms with Crippen LogP contribution in [0.15, 0.2) is 0 Å². The van der Waals surface area contributed by atoms with Gasteiger partial charge in [0.05, 0.1) is 11.7 Å². The molecular weight excluding hydrogens is 282 g/mol. The summed E-state index contributed by atoms with van der Waals surface area (Å²) in [6.07, 6.45) is 2.69. The largest absolute Gasteiger partial charge is 0.481 e. The Morgan fingerprint density at radius 2 is 2.15 bits per heavy atom. The van der Waals surface area contributed by atoms with E-state index < -0.39 is 28.0 Å². The van der Waals surface area contributed by atoms with Gasteiger partial charge in [0.15, 0.2) is 0 Å². The van der Waals surface area contributed by atoms with Gasteiger partial charge in [-0.1, -0.05) is 0 Å². The summed E-state index contributed by atoms with van der Waals surface area (Å²) >= 11 is 0. The second-order valence-corrected chi connectivity index (χ2v) is 7.81. The minimum Gasteiger partial charge on any atom is -0.481 e. The maximum atomic E-state index is 12.4. The van der Waals surface area contributed by atoms with E-state index in [9.17, 15) is 13.2 Å². The van der Waals surface area contributed by atoms with Crippen LogP contribution in [0.3, 0.4) is 0 Å². The highest BCUT2D eigenvalue weighted by Gasteiger charge is 2.38. The second-order valence-electron chi connectivity index (χ2n) is 5.77. The van der Waals surface area contributed by atoms with E-state index in [4.69, 9.17) is 9.84 Å². The van der Waals surface area contributed by atoms with Crippen LogP contribution in [-0.4, -0.2) is 55.4 Å². The van der Waals surface area contributed by atoms with Crippen molar-refractivity contribution in [2.75, 3.05) is 25.5 Å². The van der Waals surface area contributed by atoms with Gasteiger partial charge in [-0.3, -0.25) is 4.79 Å². The van der Waals surface area contributed by atoms with E-state index in [1.807, 2.05) is 0 Å². The van der Waals surface area contributed by atoms with E-state index in [0.29, 0.717) is 44.9 Å². The number of carboxylic acid groups (broad SMARTS) is 1. The molecule has 7 heteroatoms. The number of sulfonamides is 1. The SMILES string of the molecule is C[C@@H]1[C@H](C(=O)O)CCCN1S(=O)(=O)CCC1CCOC1. The number of ether oxygens (including phenoxy) is 1. The summed E-state index contributed by atoms with van der Waals surface area (Å²) in [5, 5.41) is 9.16. The Bertz CT molecular complexity index is 444. The summed E-state index contributed by atoms with van der Waals surface area (Å²) in [7, 11) is -3.37. The molecule has 2 saturated heterocycles. The van der Waals surface area contributed by atoms with E-state index >= 15 is 0 Å². The number of aliphatic carboxylic acids is 1. The van der Waals surface area contributed by atoms with Crippen molar-refractivity contribution in [2.24, 2.45) is 11.8 Å². The number of hydrogen-bond acceptors (Lipinski definition) is 4. The van der Waals surface area contributed by atoms with Crippen molar-refractivity contribution in [3.8, 4) is 0 Å². The molecule has 0 aliphatic carbocycles. The highest BCUT2D eigenvalue weighted by Crippen LogP contribution is 2.27. The van der Waals surface area contributed by atoms with Crippen molar-refractivity contribution in [2.45, 2.75) is 38.6 Å². The number of carbonyl (C=O) groups is 1. The summed E-state index contributed by atoms with van der Waals surface area (Å²) in [6, 6.07) is -0.453. The van der Waals surface area contributed by atoms with Gasteiger partial charge >= 0.3 is 5.97 Å². The normalized spacial score (nSPS) is 32.4. The zero-order valence-electron chi connectivity index (χ0n) is 11.8. The fourth-order valence-corrected chi connectivity index (χ4v) is 5.01. The minimum atomic E-state index is -3.37. The van der Waals surface area contributed by atoms with E-state index in [1.165, 1.54) is 4.31 Å². The molecule has 0 aromatic heterocycles. The molecule has 0 bridgehead atoms. The predicted octanol–water partition coefficient (Wildman–Crippen LogP) is 0.928. The zero-order chi connectivity index (χ0) is 14.8. The van der Waals surface area contributed by atoms with Gasteiger partial charge in [-0.05, 0) is 38.5 Å². The number of hydrogen-bond donors (Lipinski definition) is 1. The second kappa shape index (κ2) is 6.41. The Kier molecular flexibility index (Phi) is 5.04. The first-order valence-corrected chi connectivity index (χ1v) is 8.83. The maximum absolute atomic E-state index is 12.4. The van der Waals surface area contributed by atoms with E-state index in [1.54, 1.807) is 6.92 Å². The quantitative estimate of drug-likeness (QED) is 0.817. The first kappa shape index (κ1) is 15.7. The summed E-state index contributed by atoms with van der Waals surface area (Å²) in [5.41, 5.74) is 0. The molecule has 1 N–H and O–H groups in total. The van der Waals surface area contributed by atoms with Crippen LogP contribution in [0.5, 0.6) is 0 Å². The van der Waals surface area contributed by atoms with Crippen LogP contribution in [0.25, 0.3) is 0 Å². The average molecular weight is 305 g/mol. The first-order valence-electron chi connectivity index (χ1n) is 7.22. The molecule has 20 heavy (non-hydrogen) atoms. The molecule has 2 fully saturated rings. The van der Waals surface area contributed by atoms with Gasteiger partial charge < -0.3 is 9.84 Å². The van der Waals surface area contributed by atoms with Crippen molar-refractivity contribution in [3.05, 3.63) is 0 Å². The van der Waals surface area contributed by atoms with Crippen LogP contribution >= 0.6 is 0 Å². The molecule has 2 aliphatic rings. The fraction of sp³-hybridized carbons (Fsp3) is 0.923. The van der Waals surface area contributed by atoms with Crippen molar-refractivity contribution < 1.29 is 23.1 Å². The molecule has 0 radical (unpaired) electrons. The van der Waals surface area contributed by atoms with Crippen molar-refractivity contribution in [1.82, 2.24) is 4.31 Å². The molecule has 0 saturated carbocycles. The zero-order valence-corrected chi connectivity index (χ0v) is 12.6. The summed E-state index contributed by atoms with van der Waals surface area (Å²) in [5.74, 6) is -1.08. The van der Waals surface area contributed by atoms with Crippen molar-refractivity contribution in [1.29, 1.82) is 0 Å². The Morgan fingerprint density at radius 3 is 2.75 bits per heavy atom. The highest BCUT2D eigenvalue weighted by atomic mass is 32.2. The third-order valence-electron chi connectivity index (χ3n) is 4.41.